The quantitative estimate of drug-likeness (QED) is 0.918. The van der Waals surface area contributed by atoms with Crippen LogP contribution in [0.1, 0.15) is 19.4 Å². The standard InChI is InChI=1S/C11H16BrNO2/c1-7(2)15-11-8(6-13)9(12)4-5-10(11)14-3/h4-5,7H,6,13H2,1-3H3. The number of rotatable bonds is 4. The minimum absolute atomic E-state index is 0.0958. The average Bonchev–Trinajstić information content (AvgIpc) is 2.18. The van der Waals surface area contributed by atoms with Gasteiger partial charge in [-0.2, -0.15) is 0 Å². The molecule has 1 aromatic rings. The second-order valence-corrected chi connectivity index (χ2v) is 4.28. The third-order valence-electron chi connectivity index (χ3n) is 1.94. The van der Waals surface area contributed by atoms with Crippen LogP contribution in [-0.2, 0) is 6.54 Å². The van der Waals surface area contributed by atoms with Gasteiger partial charge in [-0.1, -0.05) is 15.9 Å². The van der Waals surface area contributed by atoms with Crippen LogP contribution in [0.5, 0.6) is 11.5 Å². The molecule has 0 saturated heterocycles. The number of hydrogen-bond donors (Lipinski definition) is 1. The van der Waals surface area contributed by atoms with Gasteiger partial charge in [-0.05, 0) is 26.0 Å². The van der Waals surface area contributed by atoms with Gasteiger partial charge < -0.3 is 15.2 Å². The van der Waals surface area contributed by atoms with Crippen LogP contribution in [0, 0.1) is 0 Å². The molecule has 1 rings (SSSR count). The Labute approximate surface area is 98.7 Å². The predicted octanol–water partition coefficient (Wildman–Crippen LogP) is 2.70. The SMILES string of the molecule is COc1ccc(Br)c(CN)c1OC(C)C. The van der Waals surface area contributed by atoms with E-state index in [0.29, 0.717) is 12.3 Å². The Bertz CT molecular complexity index is 340. The highest BCUT2D eigenvalue weighted by Gasteiger charge is 2.14. The van der Waals surface area contributed by atoms with Crippen molar-refractivity contribution < 1.29 is 9.47 Å². The number of benzene rings is 1. The summed E-state index contributed by atoms with van der Waals surface area (Å²) in [5.41, 5.74) is 6.62. The Morgan fingerprint density at radius 3 is 2.53 bits per heavy atom. The molecule has 0 heterocycles. The summed E-state index contributed by atoms with van der Waals surface area (Å²) in [6.07, 6.45) is 0.0958. The zero-order chi connectivity index (χ0) is 11.4. The Morgan fingerprint density at radius 1 is 1.40 bits per heavy atom. The lowest BCUT2D eigenvalue weighted by molar-refractivity contribution is 0.227. The summed E-state index contributed by atoms with van der Waals surface area (Å²) in [6.45, 7) is 4.36. The van der Waals surface area contributed by atoms with E-state index < -0.39 is 0 Å². The molecule has 0 radical (unpaired) electrons. The van der Waals surface area contributed by atoms with E-state index in [-0.39, 0.29) is 6.10 Å². The fourth-order valence-electron chi connectivity index (χ4n) is 1.30. The van der Waals surface area contributed by atoms with E-state index in [2.05, 4.69) is 15.9 Å². The van der Waals surface area contributed by atoms with Crippen molar-refractivity contribution in [1.29, 1.82) is 0 Å². The molecule has 15 heavy (non-hydrogen) atoms. The molecule has 0 aliphatic heterocycles. The Hall–Kier alpha value is -0.740. The molecular formula is C11H16BrNO2. The van der Waals surface area contributed by atoms with Crippen molar-refractivity contribution in [3.63, 3.8) is 0 Å². The van der Waals surface area contributed by atoms with E-state index in [1.54, 1.807) is 7.11 Å². The largest absolute Gasteiger partial charge is 0.493 e. The summed E-state index contributed by atoms with van der Waals surface area (Å²) in [5.74, 6) is 1.44. The first kappa shape index (κ1) is 12.3. The maximum absolute atomic E-state index is 5.70. The molecule has 0 amide bonds. The summed E-state index contributed by atoms with van der Waals surface area (Å²) in [4.78, 5) is 0. The van der Waals surface area contributed by atoms with Gasteiger partial charge in [-0.3, -0.25) is 0 Å². The maximum Gasteiger partial charge on any atom is 0.167 e. The number of methoxy groups -OCH3 is 1. The monoisotopic (exact) mass is 273 g/mol. The molecule has 0 bridgehead atoms. The van der Waals surface area contributed by atoms with E-state index in [1.807, 2.05) is 26.0 Å². The van der Waals surface area contributed by atoms with Crippen molar-refractivity contribution in [1.82, 2.24) is 0 Å². The molecule has 0 saturated carbocycles. The molecule has 0 aromatic heterocycles. The van der Waals surface area contributed by atoms with Crippen LogP contribution in [0.25, 0.3) is 0 Å². The van der Waals surface area contributed by atoms with Gasteiger partial charge >= 0.3 is 0 Å². The van der Waals surface area contributed by atoms with Crippen LogP contribution >= 0.6 is 15.9 Å². The molecule has 0 fully saturated rings. The summed E-state index contributed by atoms with van der Waals surface area (Å²) >= 11 is 3.45. The molecule has 84 valence electrons. The van der Waals surface area contributed by atoms with Crippen LogP contribution in [-0.4, -0.2) is 13.2 Å². The van der Waals surface area contributed by atoms with Crippen molar-refractivity contribution in [2.75, 3.05) is 7.11 Å². The zero-order valence-electron chi connectivity index (χ0n) is 9.21. The normalized spacial score (nSPS) is 10.5. The second-order valence-electron chi connectivity index (χ2n) is 3.43. The van der Waals surface area contributed by atoms with Gasteiger partial charge in [0.1, 0.15) is 0 Å². The van der Waals surface area contributed by atoms with E-state index >= 15 is 0 Å². The molecule has 0 aliphatic rings. The lowest BCUT2D eigenvalue weighted by Gasteiger charge is -2.17. The molecule has 3 nitrogen and oxygen atoms in total. The van der Waals surface area contributed by atoms with Crippen LogP contribution in [0.4, 0.5) is 0 Å². The van der Waals surface area contributed by atoms with Crippen molar-refractivity contribution in [2.24, 2.45) is 5.73 Å². The Morgan fingerprint density at radius 2 is 2.07 bits per heavy atom. The van der Waals surface area contributed by atoms with Crippen LogP contribution in [0.15, 0.2) is 16.6 Å². The molecule has 0 aliphatic carbocycles. The van der Waals surface area contributed by atoms with Gasteiger partial charge in [0, 0.05) is 16.6 Å². The Balaban J connectivity index is 3.21. The third-order valence-corrected chi connectivity index (χ3v) is 2.69. The minimum atomic E-state index is 0.0958. The molecule has 2 N–H and O–H groups in total. The van der Waals surface area contributed by atoms with Crippen molar-refractivity contribution in [3.8, 4) is 11.5 Å². The van der Waals surface area contributed by atoms with Gasteiger partial charge in [0.25, 0.3) is 0 Å². The van der Waals surface area contributed by atoms with Crippen LogP contribution in [0.2, 0.25) is 0 Å². The fraction of sp³-hybridized carbons (Fsp3) is 0.455. The highest BCUT2D eigenvalue weighted by atomic mass is 79.9. The number of hydrogen-bond acceptors (Lipinski definition) is 3. The first-order valence-electron chi connectivity index (χ1n) is 4.82. The number of nitrogens with two attached hydrogens (primary N) is 1. The maximum atomic E-state index is 5.70. The molecule has 0 spiro atoms. The van der Waals surface area contributed by atoms with E-state index in [4.69, 9.17) is 15.2 Å². The zero-order valence-corrected chi connectivity index (χ0v) is 10.8. The molecule has 0 unspecified atom stereocenters. The summed E-state index contributed by atoms with van der Waals surface area (Å²) in [7, 11) is 1.62. The topological polar surface area (TPSA) is 44.5 Å². The van der Waals surface area contributed by atoms with Crippen LogP contribution < -0.4 is 15.2 Å². The van der Waals surface area contributed by atoms with E-state index in [9.17, 15) is 0 Å². The predicted molar refractivity (Wildman–Crippen MR) is 64.3 cm³/mol. The van der Waals surface area contributed by atoms with Gasteiger partial charge in [-0.15, -0.1) is 0 Å². The number of halogens is 1. The highest BCUT2D eigenvalue weighted by Crippen LogP contribution is 2.36. The lowest BCUT2D eigenvalue weighted by atomic mass is 10.2. The van der Waals surface area contributed by atoms with E-state index in [0.717, 1.165) is 15.8 Å². The minimum Gasteiger partial charge on any atom is -0.493 e. The van der Waals surface area contributed by atoms with Crippen molar-refractivity contribution in [2.45, 2.75) is 26.5 Å². The van der Waals surface area contributed by atoms with Crippen molar-refractivity contribution in [3.05, 3.63) is 22.2 Å². The molecule has 4 heteroatoms. The summed E-state index contributed by atoms with van der Waals surface area (Å²) < 4.78 is 11.9. The van der Waals surface area contributed by atoms with Gasteiger partial charge in [-0.25, -0.2) is 0 Å². The summed E-state index contributed by atoms with van der Waals surface area (Å²) in [5, 5.41) is 0. The second kappa shape index (κ2) is 5.37. The molecular weight excluding hydrogens is 258 g/mol. The molecule has 1 aromatic carbocycles. The first-order valence-corrected chi connectivity index (χ1v) is 5.61. The Kier molecular flexibility index (Phi) is 4.42. The van der Waals surface area contributed by atoms with E-state index in [1.165, 1.54) is 0 Å². The lowest BCUT2D eigenvalue weighted by Crippen LogP contribution is -2.11. The van der Waals surface area contributed by atoms with Gasteiger partial charge in [0.15, 0.2) is 11.5 Å². The fourth-order valence-corrected chi connectivity index (χ4v) is 1.77. The first-order chi connectivity index (χ1) is 7.10. The van der Waals surface area contributed by atoms with Gasteiger partial charge in [0.2, 0.25) is 0 Å². The highest BCUT2D eigenvalue weighted by molar-refractivity contribution is 9.10. The molecule has 0 atom stereocenters. The third kappa shape index (κ3) is 2.86. The van der Waals surface area contributed by atoms with Crippen LogP contribution in [0.3, 0.4) is 0 Å². The summed E-state index contributed by atoms with van der Waals surface area (Å²) in [6, 6.07) is 3.77. The number of ether oxygens (including phenoxy) is 2. The average molecular weight is 274 g/mol. The van der Waals surface area contributed by atoms with Crippen molar-refractivity contribution >= 4 is 15.9 Å². The van der Waals surface area contributed by atoms with Gasteiger partial charge in [0.05, 0.1) is 13.2 Å². The smallest absolute Gasteiger partial charge is 0.167 e.